The van der Waals surface area contributed by atoms with Gasteiger partial charge in [-0.15, -0.1) is 17.9 Å². The van der Waals surface area contributed by atoms with Crippen molar-refractivity contribution < 1.29 is 0 Å². The van der Waals surface area contributed by atoms with E-state index >= 15 is 0 Å². The number of fused-ring (bicyclic) bond motifs is 1. The second kappa shape index (κ2) is 4.55. The van der Waals surface area contributed by atoms with Crippen LogP contribution in [0.1, 0.15) is 18.5 Å². The quantitative estimate of drug-likeness (QED) is 0.797. The number of nitrogens with zero attached hydrogens (tertiary/aromatic N) is 1. The fourth-order valence-electron chi connectivity index (χ4n) is 1.48. The van der Waals surface area contributed by atoms with Crippen LogP contribution < -0.4 is 5.32 Å². The van der Waals surface area contributed by atoms with E-state index in [0.717, 1.165) is 12.1 Å². The highest BCUT2D eigenvalue weighted by Crippen LogP contribution is 2.22. The molecule has 0 aliphatic rings. The van der Waals surface area contributed by atoms with Crippen LogP contribution in [0.15, 0.2) is 36.4 Å². The third-order valence-electron chi connectivity index (χ3n) is 2.39. The first-order valence-corrected chi connectivity index (χ1v) is 5.86. The van der Waals surface area contributed by atoms with Crippen LogP contribution >= 0.6 is 11.3 Å². The second-order valence-electron chi connectivity index (χ2n) is 3.49. The third kappa shape index (κ3) is 2.25. The van der Waals surface area contributed by atoms with E-state index in [4.69, 9.17) is 0 Å². The first-order valence-electron chi connectivity index (χ1n) is 4.98. The molecule has 0 bridgehead atoms. The fourth-order valence-corrected chi connectivity index (χ4v) is 2.27. The van der Waals surface area contributed by atoms with Gasteiger partial charge in [0.2, 0.25) is 0 Å². The minimum atomic E-state index is 0.321. The van der Waals surface area contributed by atoms with Crippen LogP contribution in [-0.2, 0) is 0 Å². The molecule has 0 aliphatic heterocycles. The molecular weight excluding hydrogens is 204 g/mol. The van der Waals surface area contributed by atoms with Crippen LogP contribution in [0.4, 0.5) is 0 Å². The second-order valence-corrected chi connectivity index (χ2v) is 4.44. The maximum Gasteiger partial charge on any atom is 0.0809 e. The van der Waals surface area contributed by atoms with Gasteiger partial charge in [0.05, 0.1) is 10.2 Å². The maximum atomic E-state index is 4.41. The van der Waals surface area contributed by atoms with Crippen molar-refractivity contribution in [1.29, 1.82) is 0 Å². The molecule has 0 radical (unpaired) electrons. The van der Waals surface area contributed by atoms with Gasteiger partial charge in [0.1, 0.15) is 0 Å². The van der Waals surface area contributed by atoms with Gasteiger partial charge in [-0.2, -0.15) is 0 Å². The van der Waals surface area contributed by atoms with Gasteiger partial charge >= 0.3 is 0 Å². The summed E-state index contributed by atoms with van der Waals surface area (Å²) in [7, 11) is 0. The molecule has 78 valence electrons. The largest absolute Gasteiger partial charge is 0.307 e. The molecule has 2 aromatic rings. The molecule has 15 heavy (non-hydrogen) atoms. The molecule has 2 aromatic heterocycles. The number of rotatable bonds is 4. The zero-order valence-corrected chi connectivity index (χ0v) is 9.55. The maximum absolute atomic E-state index is 4.41. The van der Waals surface area contributed by atoms with E-state index in [1.54, 1.807) is 11.3 Å². The van der Waals surface area contributed by atoms with E-state index in [2.05, 4.69) is 35.2 Å². The summed E-state index contributed by atoms with van der Waals surface area (Å²) in [6.07, 6.45) is 3.81. The van der Waals surface area contributed by atoms with Crippen molar-refractivity contribution >= 4 is 21.6 Å². The topological polar surface area (TPSA) is 24.9 Å². The van der Waals surface area contributed by atoms with E-state index < -0.39 is 0 Å². The van der Waals surface area contributed by atoms with Gasteiger partial charge in [0.15, 0.2) is 0 Å². The van der Waals surface area contributed by atoms with Gasteiger partial charge in [-0.1, -0.05) is 6.08 Å². The van der Waals surface area contributed by atoms with Crippen LogP contribution in [-0.4, -0.2) is 11.5 Å². The summed E-state index contributed by atoms with van der Waals surface area (Å²) in [5.74, 6) is 0. The molecule has 2 heterocycles. The summed E-state index contributed by atoms with van der Waals surface area (Å²) in [6, 6.07) is 4.57. The molecule has 0 saturated carbocycles. The van der Waals surface area contributed by atoms with Gasteiger partial charge in [-0.25, -0.2) is 0 Å². The summed E-state index contributed by atoms with van der Waals surface area (Å²) in [6.45, 7) is 6.65. The normalized spacial score (nSPS) is 12.9. The Balaban J connectivity index is 2.23. The highest BCUT2D eigenvalue weighted by Gasteiger charge is 2.05. The Bertz CT molecular complexity index is 461. The van der Waals surface area contributed by atoms with Gasteiger partial charge in [-0.05, 0) is 30.0 Å². The van der Waals surface area contributed by atoms with Crippen LogP contribution in [0.5, 0.6) is 0 Å². The lowest BCUT2D eigenvalue weighted by molar-refractivity contribution is 0.616. The smallest absolute Gasteiger partial charge is 0.0809 e. The average Bonchev–Trinajstić information content (AvgIpc) is 2.72. The zero-order chi connectivity index (χ0) is 10.7. The van der Waals surface area contributed by atoms with E-state index in [1.165, 1.54) is 10.3 Å². The molecule has 2 rings (SSSR count). The standard InChI is InChI=1S/C12H14N2S/c1-3-5-13-9(2)10-7-12-11(14-8-10)4-6-15-12/h3-4,6-9,13H,1,5H2,2H3. The van der Waals surface area contributed by atoms with Crippen LogP contribution in [0.25, 0.3) is 10.2 Å². The Morgan fingerprint density at radius 3 is 3.33 bits per heavy atom. The van der Waals surface area contributed by atoms with Crippen molar-refractivity contribution in [2.75, 3.05) is 6.54 Å². The Labute approximate surface area is 93.7 Å². The predicted molar refractivity (Wildman–Crippen MR) is 66.2 cm³/mol. The Kier molecular flexibility index (Phi) is 3.14. The molecule has 3 heteroatoms. The molecule has 0 amide bonds. The number of hydrogen-bond acceptors (Lipinski definition) is 3. The van der Waals surface area contributed by atoms with E-state index in [-0.39, 0.29) is 0 Å². The molecular formula is C12H14N2S. The Morgan fingerprint density at radius 1 is 1.67 bits per heavy atom. The molecule has 0 fully saturated rings. The molecule has 1 N–H and O–H groups in total. The number of thiophene rings is 1. The Morgan fingerprint density at radius 2 is 2.53 bits per heavy atom. The number of hydrogen-bond donors (Lipinski definition) is 1. The van der Waals surface area contributed by atoms with E-state index in [0.29, 0.717) is 6.04 Å². The van der Waals surface area contributed by atoms with Crippen molar-refractivity contribution in [1.82, 2.24) is 10.3 Å². The van der Waals surface area contributed by atoms with Crippen LogP contribution in [0.2, 0.25) is 0 Å². The van der Waals surface area contributed by atoms with Crippen molar-refractivity contribution in [2.24, 2.45) is 0 Å². The third-order valence-corrected chi connectivity index (χ3v) is 3.25. The molecule has 0 saturated heterocycles. The summed E-state index contributed by atoms with van der Waals surface area (Å²) < 4.78 is 1.25. The highest BCUT2D eigenvalue weighted by atomic mass is 32.1. The molecule has 1 atom stereocenters. The molecule has 1 unspecified atom stereocenters. The number of pyridine rings is 1. The predicted octanol–water partition coefficient (Wildman–Crippen LogP) is 3.13. The minimum Gasteiger partial charge on any atom is -0.307 e. The van der Waals surface area contributed by atoms with Gasteiger partial charge in [-0.3, -0.25) is 4.98 Å². The number of aromatic nitrogens is 1. The zero-order valence-electron chi connectivity index (χ0n) is 8.73. The number of nitrogens with one attached hydrogen (secondary N) is 1. The van der Waals surface area contributed by atoms with Crippen molar-refractivity contribution in [3.63, 3.8) is 0 Å². The molecule has 0 spiro atoms. The van der Waals surface area contributed by atoms with Gasteiger partial charge in [0, 0.05) is 18.8 Å². The van der Waals surface area contributed by atoms with E-state index in [9.17, 15) is 0 Å². The van der Waals surface area contributed by atoms with Crippen molar-refractivity contribution in [3.05, 3.63) is 41.9 Å². The van der Waals surface area contributed by atoms with Gasteiger partial charge < -0.3 is 5.32 Å². The first-order chi connectivity index (χ1) is 7.31. The van der Waals surface area contributed by atoms with Crippen molar-refractivity contribution in [3.8, 4) is 0 Å². The minimum absolute atomic E-state index is 0.321. The van der Waals surface area contributed by atoms with Crippen molar-refractivity contribution in [2.45, 2.75) is 13.0 Å². The summed E-state index contributed by atoms with van der Waals surface area (Å²) >= 11 is 1.73. The Hall–Kier alpha value is -1.19. The monoisotopic (exact) mass is 218 g/mol. The summed E-state index contributed by atoms with van der Waals surface area (Å²) in [4.78, 5) is 4.41. The fraction of sp³-hybridized carbons (Fsp3) is 0.250. The lowest BCUT2D eigenvalue weighted by Gasteiger charge is -2.12. The first kappa shape index (κ1) is 10.3. The lowest BCUT2D eigenvalue weighted by Crippen LogP contribution is -2.18. The van der Waals surface area contributed by atoms with Gasteiger partial charge in [0.25, 0.3) is 0 Å². The SMILES string of the molecule is C=CCNC(C)c1cnc2ccsc2c1. The highest BCUT2D eigenvalue weighted by molar-refractivity contribution is 7.17. The van der Waals surface area contributed by atoms with E-state index in [1.807, 2.05) is 18.3 Å². The molecule has 0 aliphatic carbocycles. The molecule has 2 nitrogen and oxygen atoms in total. The lowest BCUT2D eigenvalue weighted by atomic mass is 10.1. The molecule has 0 aromatic carbocycles. The average molecular weight is 218 g/mol. The van der Waals surface area contributed by atoms with Crippen LogP contribution in [0, 0.1) is 0 Å². The summed E-state index contributed by atoms with van der Waals surface area (Å²) in [5, 5.41) is 5.42. The van der Waals surface area contributed by atoms with Crippen LogP contribution in [0.3, 0.4) is 0 Å². The summed E-state index contributed by atoms with van der Waals surface area (Å²) in [5.41, 5.74) is 2.31.